The summed E-state index contributed by atoms with van der Waals surface area (Å²) < 4.78 is 0. The number of rotatable bonds is 3. The van der Waals surface area contributed by atoms with Gasteiger partial charge in [-0.25, -0.2) is 0 Å². The Balaban J connectivity index is 1.65. The van der Waals surface area contributed by atoms with E-state index in [4.69, 9.17) is 5.73 Å². The molecule has 0 aromatic rings. The third kappa shape index (κ3) is 2.27. The van der Waals surface area contributed by atoms with Crippen molar-refractivity contribution in [1.82, 2.24) is 5.32 Å². The molecule has 1 amide bonds. The van der Waals surface area contributed by atoms with Crippen molar-refractivity contribution in [2.75, 3.05) is 6.54 Å². The summed E-state index contributed by atoms with van der Waals surface area (Å²) >= 11 is 0. The van der Waals surface area contributed by atoms with Crippen LogP contribution in [-0.4, -0.2) is 18.5 Å². The lowest BCUT2D eigenvalue weighted by molar-refractivity contribution is -0.122. The molecule has 2 saturated carbocycles. The molecular weight excluding hydrogens is 176 g/mol. The second kappa shape index (κ2) is 3.89. The maximum absolute atomic E-state index is 11.5. The van der Waals surface area contributed by atoms with Crippen LogP contribution in [0.25, 0.3) is 0 Å². The fourth-order valence-corrected chi connectivity index (χ4v) is 2.36. The third-order valence-electron chi connectivity index (χ3n) is 3.59. The first-order valence-electron chi connectivity index (χ1n) is 5.70. The maximum atomic E-state index is 11.5. The zero-order chi connectivity index (χ0) is 10.1. The molecule has 0 radical (unpaired) electrons. The second-order valence-corrected chi connectivity index (χ2v) is 5.00. The standard InChI is InChI=1S/C11H20N2O/c1-7-4-10(7)11(14)13-6-8-2-3-9(12)5-8/h7-10H,2-6,12H2,1H3,(H,13,14). The van der Waals surface area contributed by atoms with Gasteiger partial charge in [-0.2, -0.15) is 0 Å². The summed E-state index contributed by atoms with van der Waals surface area (Å²) in [6, 6.07) is 0.372. The van der Waals surface area contributed by atoms with Gasteiger partial charge in [0.1, 0.15) is 0 Å². The summed E-state index contributed by atoms with van der Waals surface area (Å²) in [7, 11) is 0. The number of nitrogens with one attached hydrogen (secondary N) is 1. The van der Waals surface area contributed by atoms with E-state index in [1.54, 1.807) is 0 Å². The van der Waals surface area contributed by atoms with Crippen LogP contribution in [-0.2, 0) is 4.79 Å². The average molecular weight is 196 g/mol. The Labute approximate surface area is 85.4 Å². The molecule has 4 atom stereocenters. The van der Waals surface area contributed by atoms with Crippen molar-refractivity contribution in [2.24, 2.45) is 23.5 Å². The molecule has 2 aliphatic carbocycles. The Kier molecular flexibility index (Phi) is 2.77. The molecule has 0 aromatic carbocycles. The SMILES string of the molecule is CC1CC1C(=O)NCC1CCC(N)C1. The molecule has 4 unspecified atom stereocenters. The fraction of sp³-hybridized carbons (Fsp3) is 0.909. The summed E-state index contributed by atoms with van der Waals surface area (Å²) in [6.07, 6.45) is 4.47. The summed E-state index contributed by atoms with van der Waals surface area (Å²) in [5.74, 6) is 1.81. The molecule has 2 aliphatic rings. The van der Waals surface area contributed by atoms with Gasteiger partial charge in [0.05, 0.1) is 0 Å². The van der Waals surface area contributed by atoms with Crippen LogP contribution in [0.15, 0.2) is 0 Å². The lowest BCUT2D eigenvalue weighted by Gasteiger charge is -2.10. The van der Waals surface area contributed by atoms with Crippen molar-refractivity contribution in [2.45, 2.75) is 38.6 Å². The molecule has 14 heavy (non-hydrogen) atoms. The van der Waals surface area contributed by atoms with Crippen molar-refractivity contribution in [1.29, 1.82) is 0 Å². The summed E-state index contributed by atoms with van der Waals surface area (Å²) in [5, 5.41) is 3.04. The first-order chi connectivity index (χ1) is 6.66. The van der Waals surface area contributed by atoms with Gasteiger partial charge in [0.25, 0.3) is 0 Å². The normalized spacial score (nSPS) is 41.0. The summed E-state index contributed by atoms with van der Waals surface area (Å²) in [4.78, 5) is 11.5. The van der Waals surface area contributed by atoms with Gasteiger partial charge in [-0.15, -0.1) is 0 Å². The van der Waals surface area contributed by atoms with Gasteiger partial charge in [-0.1, -0.05) is 6.92 Å². The molecular formula is C11H20N2O. The van der Waals surface area contributed by atoms with Gasteiger partial charge in [0.15, 0.2) is 0 Å². The van der Waals surface area contributed by atoms with Gasteiger partial charge in [-0.05, 0) is 37.5 Å². The highest BCUT2D eigenvalue weighted by Crippen LogP contribution is 2.37. The monoisotopic (exact) mass is 196 g/mol. The van der Waals surface area contributed by atoms with Gasteiger partial charge in [0.2, 0.25) is 5.91 Å². The van der Waals surface area contributed by atoms with E-state index in [2.05, 4.69) is 12.2 Å². The lowest BCUT2D eigenvalue weighted by atomic mass is 10.1. The number of hydrogen-bond acceptors (Lipinski definition) is 2. The molecule has 0 bridgehead atoms. The summed E-state index contributed by atoms with van der Waals surface area (Å²) in [5.41, 5.74) is 5.81. The van der Waals surface area contributed by atoms with Crippen molar-refractivity contribution in [3.8, 4) is 0 Å². The van der Waals surface area contributed by atoms with Crippen LogP contribution in [0.3, 0.4) is 0 Å². The highest BCUT2D eigenvalue weighted by Gasteiger charge is 2.39. The molecule has 3 heteroatoms. The predicted octanol–water partition coefficient (Wildman–Crippen LogP) is 0.886. The van der Waals surface area contributed by atoms with Gasteiger partial charge in [-0.3, -0.25) is 4.79 Å². The van der Waals surface area contributed by atoms with Gasteiger partial charge < -0.3 is 11.1 Å². The van der Waals surface area contributed by atoms with E-state index in [1.165, 1.54) is 6.42 Å². The molecule has 3 nitrogen and oxygen atoms in total. The molecule has 0 spiro atoms. The zero-order valence-electron chi connectivity index (χ0n) is 8.83. The number of carbonyl (C=O) groups is 1. The Bertz CT molecular complexity index is 229. The van der Waals surface area contributed by atoms with Crippen LogP contribution in [0.5, 0.6) is 0 Å². The van der Waals surface area contributed by atoms with Gasteiger partial charge in [0, 0.05) is 18.5 Å². The molecule has 0 aromatic heterocycles. The number of hydrogen-bond donors (Lipinski definition) is 2. The van der Waals surface area contributed by atoms with Crippen molar-refractivity contribution >= 4 is 5.91 Å². The molecule has 0 heterocycles. The first kappa shape index (κ1) is 9.97. The van der Waals surface area contributed by atoms with Gasteiger partial charge >= 0.3 is 0 Å². The topological polar surface area (TPSA) is 55.1 Å². The molecule has 3 N–H and O–H groups in total. The van der Waals surface area contributed by atoms with E-state index in [-0.39, 0.29) is 5.91 Å². The van der Waals surface area contributed by atoms with Crippen molar-refractivity contribution in [3.63, 3.8) is 0 Å². The zero-order valence-corrected chi connectivity index (χ0v) is 8.83. The van der Waals surface area contributed by atoms with E-state index in [0.717, 1.165) is 25.8 Å². The first-order valence-corrected chi connectivity index (χ1v) is 5.70. The predicted molar refractivity (Wildman–Crippen MR) is 55.6 cm³/mol. The molecule has 2 fully saturated rings. The average Bonchev–Trinajstić information content (AvgIpc) is 2.72. The minimum atomic E-state index is 0.262. The van der Waals surface area contributed by atoms with Crippen molar-refractivity contribution < 1.29 is 4.79 Å². The maximum Gasteiger partial charge on any atom is 0.223 e. The molecule has 0 saturated heterocycles. The van der Waals surface area contributed by atoms with Crippen LogP contribution in [0.1, 0.15) is 32.6 Å². The largest absolute Gasteiger partial charge is 0.356 e. The van der Waals surface area contributed by atoms with Crippen LogP contribution in [0.2, 0.25) is 0 Å². The van der Waals surface area contributed by atoms with Crippen LogP contribution in [0.4, 0.5) is 0 Å². The van der Waals surface area contributed by atoms with Crippen LogP contribution >= 0.6 is 0 Å². The highest BCUT2D eigenvalue weighted by atomic mass is 16.2. The Hall–Kier alpha value is -0.570. The smallest absolute Gasteiger partial charge is 0.223 e. The van der Waals surface area contributed by atoms with E-state index in [9.17, 15) is 4.79 Å². The quantitative estimate of drug-likeness (QED) is 0.704. The molecule has 2 rings (SSSR count). The second-order valence-electron chi connectivity index (χ2n) is 5.00. The molecule has 0 aliphatic heterocycles. The van der Waals surface area contributed by atoms with E-state index in [0.29, 0.717) is 23.8 Å². The fourth-order valence-electron chi connectivity index (χ4n) is 2.36. The summed E-state index contributed by atoms with van der Waals surface area (Å²) in [6.45, 7) is 2.98. The van der Waals surface area contributed by atoms with E-state index >= 15 is 0 Å². The Morgan fingerprint density at radius 2 is 2.14 bits per heavy atom. The van der Waals surface area contributed by atoms with E-state index in [1.807, 2.05) is 0 Å². The van der Waals surface area contributed by atoms with E-state index < -0.39 is 0 Å². The number of nitrogens with two attached hydrogens (primary N) is 1. The molecule has 80 valence electrons. The Morgan fingerprint density at radius 3 is 2.64 bits per heavy atom. The Morgan fingerprint density at radius 1 is 1.43 bits per heavy atom. The lowest BCUT2D eigenvalue weighted by Crippen LogP contribution is -2.30. The number of amides is 1. The minimum absolute atomic E-state index is 0.262. The third-order valence-corrected chi connectivity index (χ3v) is 3.59. The number of carbonyl (C=O) groups excluding carboxylic acids is 1. The highest BCUT2D eigenvalue weighted by molar-refractivity contribution is 5.81. The van der Waals surface area contributed by atoms with Crippen molar-refractivity contribution in [3.05, 3.63) is 0 Å². The minimum Gasteiger partial charge on any atom is -0.356 e. The van der Waals surface area contributed by atoms with Crippen LogP contribution in [0, 0.1) is 17.8 Å². The van der Waals surface area contributed by atoms with Crippen LogP contribution < -0.4 is 11.1 Å².